The molecular weight excluding hydrogens is 222 g/mol. The summed E-state index contributed by atoms with van der Waals surface area (Å²) in [5.41, 5.74) is -0.459. The fraction of sp³-hybridized carbons (Fsp3) is 0.667. The SMILES string of the molecule is COC1C(=O)C(C)=C(N(C)C)C(=O)C1(C)OC. The summed E-state index contributed by atoms with van der Waals surface area (Å²) in [7, 11) is 6.27. The van der Waals surface area contributed by atoms with Crippen molar-refractivity contribution in [1.82, 2.24) is 4.90 Å². The number of carbonyl (C=O) groups is 2. The first-order valence-corrected chi connectivity index (χ1v) is 5.36. The zero-order chi connectivity index (χ0) is 13.4. The largest absolute Gasteiger partial charge is 0.374 e. The van der Waals surface area contributed by atoms with Crippen molar-refractivity contribution in [2.45, 2.75) is 25.6 Å². The van der Waals surface area contributed by atoms with Crippen LogP contribution in [0, 0.1) is 0 Å². The average molecular weight is 241 g/mol. The summed E-state index contributed by atoms with van der Waals surface area (Å²) >= 11 is 0. The van der Waals surface area contributed by atoms with Gasteiger partial charge in [0.15, 0.2) is 17.5 Å². The monoisotopic (exact) mass is 241 g/mol. The number of nitrogens with zero attached hydrogens (tertiary/aromatic N) is 1. The lowest BCUT2D eigenvalue weighted by atomic mass is 9.79. The standard InChI is InChI=1S/C12H19NO4/c1-7-8(13(3)4)10(15)12(2,17-6)11(16-5)9(7)14/h11H,1-6H3. The Hall–Kier alpha value is -1.20. The second-order valence-corrected chi connectivity index (χ2v) is 4.49. The Morgan fingerprint density at radius 2 is 1.76 bits per heavy atom. The smallest absolute Gasteiger partial charge is 0.213 e. The first-order chi connectivity index (χ1) is 7.81. The summed E-state index contributed by atoms with van der Waals surface area (Å²) in [6.45, 7) is 3.22. The molecule has 2 atom stereocenters. The van der Waals surface area contributed by atoms with E-state index in [0.717, 1.165) is 0 Å². The van der Waals surface area contributed by atoms with E-state index in [0.29, 0.717) is 11.3 Å². The molecule has 0 heterocycles. The summed E-state index contributed by atoms with van der Waals surface area (Å²) in [4.78, 5) is 26.2. The van der Waals surface area contributed by atoms with Crippen LogP contribution in [0.4, 0.5) is 0 Å². The number of Topliss-reactive ketones (excluding diaryl/α,β-unsaturated/α-hetero) is 2. The normalized spacial score (nSPS) is 29.9. The Labute approximate surface area is 101 Å². The number of carbonyl (C=O) groups excluding carboxylic acids is 2. The number of rotatable bonds is 3. The quantitative estimate of drug-likeness (QED) is 0.715. The van der Waals surface area contributed by atoms with E-state index >= 15 is 0 Å². The van der Waals surface area contributed by atoms with Crippen LogP contribution in [-0.4, -0.2) is 56.5 Å². The molecule has 0 aromatic heterocycles. The lowest BCUT2D eigenvalue weighted by molar-refractivity contribution is -0.164. The van der Waals surface area contributed by atoms with Crippen molar-refractivity contribution in [2.75, 3.05) is 28.3 Å². The minimum atomic E-state index is -1.26. The molecule has 2 unspecified atom stereocenters. The molecule has 0 aliphatic heterocycles. The second-order valence-electron chi connectivity index (χ2n) is 4.49. The Kier molecular flexibility index (Phi) is 3.74. The fourth-order valence-electron chi connectivity index (χ4n) is 2.16. The van der Waals surface area contributed by atoms with Gasteiger partial charge in [-0.15, -0.1) is 0 Å². The van der Waals surface area contributed by atoms with Crippen molar-refractivity contribution < 1.29 is 19.1 Å². The van der Waals surface area contributed by atoms with Gasteiger partial charge < -0.3 is 14.4 Å². The maximum atomic E-state index is 12.4. The minimum Gasteiger partial charge on any atom is -0.374 e. The number of ketones is 2. The molecule has 0 saturated heterocycles. The molecule has 17 heavy (non-hydrogen) atoms. The van der Waals surface area contributed by atoms with E-state index in [1.807, 2.05) is 0 Å². The van der Waals surface area contributed by atoms with E-state index in [1.54, 1.807) is 32.8 Å². The van der Waals surface area contributed by atoms with Gasteiger partial charge in [-0.05, 0) is 13.8 Å². The molecule has 5 heteroatoms. The Balaban J connectivity index is 3.42. The van der Waals surface area contributed by atoms with Crippen LogP contribution in [0.2, 0.25) is 0 Å². The number of methoxy groups -OCH3 is 2. The number of likely N-dealkylation sites (N-methyl/N-ethyl adjacent to an activating group) is 1. The molecule has 0 aromatic carbocycles. The van der Waals surface area contributed by atoms with Crippen molar-refractivity contribution in [2.24, 2.45) is 0 Å². The van der Waals surface area contributed by atoms with Crippen LogP contribution in [0.15, 0.2) is 11.3 Å². The molecule has 0 fully saturated rings. The van der Waals surface area contributed by atoms with Gasteiger partial charge in [-0.3, -0.25) is 9.59 Å². The van der Waals surface area contributed by atoms with E-state index in [9.17, 15) is 9.59 Å². The third kappa shape index (κ3) is 1.89. The van der Waals surface area contributed by atoms with E-state index in [1.165, 1.54) is 14.2 Å². The van der Waals surface area contributed by atoms with Gasteiger partial charge in [0.1, 0.15) is 0 Å². The first-order valence-electron chi connectivity index (χ1n) is 5.36. The Morgan fingerprint density at radius 1 is 1.24 bits per heavy atom. The van der Waals surface area contributed by atoms with Gasteiger partial charge >= 0.3 is 0 Å². The highest BCUT2D eigenvalue weighted by molar-refractivity contribution is 6.17. The summed E-state index contributed by atoms with van der Waals surface area (Å²) in [6, 6.07) is 0. The number of hydrogen-bond acceptors (Lipinski definition) is 5. The van der Waals surface area contributed by atoms with E-state index in [4.69, 9.17) is 9.47 Å². The molecule has 1 aliphatic rings. The predicted octanol–water partition coefficient (Wildman–Crippen LogP) is 0.394. The minimum absolute atomic E-state index is 0.208. The molecule has 5 nitrogen and oxygen atoms in total. The highest BCUT2D eigenvalue weighted by Gasteiger charge is 2.52. The van der Waals surface area contributed by atoms with Gasteiger partial charge in [-0.25, -0.2) is 0 Å². The Morgan fingerprint density at radius 3 is 2.12 bits per heavy atom. The third-order valence-electron chi connectivity index (χ3n) is 3.24. The van der Waals surface area contributed by atoms with Crippen molar-refractivity contribution in [3.05, 3.63) is 11.3 Å². The van der Waals surface area contributed by atoms with Crippen molar-refractivity contribution in [3.8, 4) is 0 Å². The van der Waals surface area contributed by atoms with Crippen LogP contribution in [0.5, 0.6) is 0 Å². The molecule has 0 bridgehead atoms. The van der Waals surface area contributed by atoms with Crippen LogP contribution in [-0.2, 0) is 19.1 Å². The van der Waals surface area contributed by atoms with Crippen LogP contribution in [0.25, 0.3) is 0 Å². The molecule has 96 valence electrons. The van der Waals surface area contributed by atoms with Crippen LogP contribution >= 0.6 is 0 Å². The number of hydrogen-bond donors (Lipinski definition) is 0. The van der Waals surface area contributed by atoms with Crippen LogP contribution in [0.1, 0.15) is 13.8 Å². The third-order valence-corrected chi connectivity index (χ3v) is 3.24. The molecule has 0 N–H and O–H groups in total. The van der Waals surface area contributed by atoms with Gasteiger partial charge in [0.05, 0.1) is 5.70 Å². The molecule has 1 rings (SSSR count). The fourth-order valence-corrected chi connectivity index (χ4v) is 2.16. The topological polar surface area (TPSA) is 55.8 Å². The molecule has 0 amide bonds. The summed E-state index contributed by atoms with van der Waals surface area (Å²) < 4.78 is 10.4. The van der Waals surface area contributed by atoms with Gasteiger partial charge in [0, 0.05) is 33.9 Å². The lowest BCUT2D eigenvalue weighted by Crippen LogP contribution is -2.58. The van der Waals surface area contributed by atoms with Crippen molar-refractivity contribution >= 4 is 11.6 Å². The average Bonchev–Trinajstić information content (AvgIpc) is 2.27. The first kappa shape index (κ1) is 13.9. The van der Waals surface area contributed by atoms with Gasteiger partial charge in [0.2, 0.25) is 5.78 Å². The van der Waals surface area contributed by atoms with Gasteiger partial charge in [0.25, 0.3) is 0 Å². The van der Waals surface area contributed by atoms with Gasteiger partial charge in [-0.2, -0.15) is 0 Å². The summed E-state index contributed by atoms with van der Waals surface area (Å²) in [5.74, 6) is -0.436. The van der Waals surface area contributed by atoms with Crippen molar-refractivity contribution in [3.63, 3.8) is 0 Å². The predicted molar refractivity (Wildman–Crippen MR) is 62.6 cm³/mol. The highest BCUT2D eigenvalue weighted by atomic mass is 16.5. The maximum absolute atomic E-state index is 12.4. The van der Waals surface area contributed by atoms with Crippen LogP contribution in [0.3, 0.4) is 0 Å². The highest BCUT2D eigenvalue weighted by Crippen LogP contribution is 2.32. The Bertz CT molecular complexity index is 386. The summed E-state index contributed by atoms with van der Waals surface area (Å²) in [5, 5.41) is 0. The molecule has 1 aliphatic carbocycles. The molecule has 0 spiro atoms. The molecule has 0 radical (unpaired) electrons. The van der Waals surface area contributed by atoms with E-state index < -0.39 is 11.7 Å². The van der Waals surface area contributed by atoms with Crippen LogP contribution < -0.4 is 0 Å². The zero-order valence-corrected chi connectivity index (χ0v) is 11.2. The maximum Gasteiger partial charge on any atom is 0.213 e. The zero-order valence-electron chi connectivity index (χ0n) is 11.2. The van der Waals surface area contributed by atoms with E-state index in [-0.39, 0.29) is 11.6 Å². The molecular formula is C12H19NO4. The second kappa shape index (κ2) is 4.58. The lowest BCUT2D eigenvalue weighted by Gasteiger charge is -2.39. The van der Waals surface area contributed by atoms with Gasteiger partial charge in [-0.1, -0.05) is 0 Å². The van der Waals surface area contributed by atoms with Crippen molar-refractivity contribution in [1.29, 1.82) is 0 Å². The molecule has 0 aromatic rings. The molecule has 0 saturated carbocycles. The number of ether oxygens (including phenoxy) is 2. The summed E-state index contributed by atoms with van der Waals surface area (Å²) in [6.07, 6.45) is -0.885. The van der Waals surface area contributed by atoms with E-state index in [2.05, 4.69) is 0 Å².